The van der Waals surface area contributed by atoms with Gasteiger partial charge in [0.25, 0.3) is 0 Å². The Labute approximate surface area is 108 Å². The van der Waals surface area contributed by atoms with E-state index in [2.05, 4.69) is 10.3 Å². The molecule has 0 spiro atoms. The number of hydrogen-bond donors (Lipinski definition) is 2. The van der Waals surface area contributed by atoms with E-state index in [-0.39, 0.29) is 5.56 Å². The van der Waals surface area contributed by atoms with E-state index in [1.165, 1.54) is 11.3 Å². The van der Waals surface area contributed by atoms with E-state index < -0.39 is 11.7 Å². The van der Waals surface area contributed by atoms with Gasteiger partial charge in [-0.1, -0.05) is 0 Å². The summed E-state index contributed by atoms with van der Waals surface area (Å²) in [5.41, 5.74) is 8.06. The molecule has 0 fully saturated rings. The highest BCUT2D eigenvalue weighted by Gasteiger charge is 2.10. The van der Waals surface area contributed by atoms with Crippen molar-refractivity contribution in [2.75, 3.05) is 5.32 Å². The molecule has 94 valence electrons. The van der Waals surface area contributed by atoms with Gasteiger partial charge in [-0.05, 0) is 19.1 Å². The molecule has 1 amide bonds. The Morgan fingerprint density at radius 1 is 1.56 bits per heavy atom. The lowest BCUT2D eigenvalue weighted by atomic mass is 10.1. The lowest BCUT2D eigenvalue weighted by Crippen LogP contribution is -2.12. The average molecular weight is 265 g/mol. The van der Waals surface area contributed by atoms with E-state index in [1.807, 2.05) is 0 Å². The van der Waals surface area contributed by atoms with Gasteiger partial charge >= 0.3 is 0 Å². The van der Waals surface area contributed by atoms with Crippen molar-refractivity contribution in [1.82, 2.24) is 4.98 Å². The largest absolute Gasteiger partial charge is 0.380 e. The van der Waals surface area contributed by atoms with Gasteiger partial charge in [-0.3, -0.25) is 9.78 Å². The minimum Gasteiger partial charge on any atom is -0.380 e. The lowest BCUT2D eigenvalue weighted by molar-refractivity contribution is 0.1000. The Hall–Kier alpha value is -1.95. The van der Waals surface area contributed by atoms with Crippen LogP contribution in [-0.4, -0.2) is 10.9 Å². The Morgan fingerprint density at radius 2 is 2.33 bits per heavy atom. The summed E-state index contributed by atoms with van der Waals surface area (Å²) >= 11 is 1.50. The fourth-order valence-corrected chi connectivity index (χ4v) is 2.05. The molecule has 0 aliphatic rings. The van der Waals surface area contributed by atoms with Crippen LogP contribution in [0.25, 0.3) is 0 Å². The zero-order valence-corrected chi connectivity index (χ0v) is 10.6. The molecule has 1 aromatic carbocycles. The lowest BCUT2D eigenvalue weighted by Gasteiger charge is -2.10. The van der Waals surface area contributed by atoms with Gasteiger partial charge in [-0.25, -0.2) is 4.39 Å². The Kier molecular flexibility index (Phi) is 3.57. The minimum atomic E-state index is -0.644. The summed E-state index contributed by atoms with van der Waals surface area (Å²) in [5.74, 6) is -1.09. The van der Waals surface area contributed by atoms with Crippen LogP contribution < -0.4 is 11.1 Å². The molecule has 1 aromatic heterocycles. The number of nitrogens with one attached hydrogen (secondary N) is 1. The van der Waals surface area contributed by atoms with Crippen molar-refractivity contribution in [3.8, 4) is 0 Å². The van der Waals surface area contributed by atoms with Crippen molar-refractivity contribution in [3.63, 3.8) is 0 Å². The first-order valence-corrected chi connectivity index (χ1v) is 6.17. The predicted molar refractivity (Wildman–Crippen MR) is 69.1 cm³/mol. The number of nitrogens with two attached hydrogens (primary N) is 1. The smallest absolute Gasteiger partial charge is 0.248 e. The van der Waals surface area contributed by atoms with Crippen molar-refractivity contribution in [3.05, 3.63) is 45.7 Å². The first-order valence-electron chi connectivity index (χ1n) is 5.29. The molecule has 0 saturated carbocycles. The van der Waals surface area contributed by atoms with Crippen LogP contribution in [0.15, 0.2) is 23.8 Å². The SMILES string of the molecule is Cc1c(F)cc(C(N)=O)cc1NCc1cncs1. The number of amides is 1. The molecule has 6 heteroatoms. The second-order valence-electron chi connectivity index (χ2n) is 3.82. The number of halogens is 1. The van der Waals surface area contributed by atoms with Crippen LogP contribution in [-0.2, 0) is 6.54 Å². The van der Waals surface area contributed by atoms with Crippen molar-refractivity contribution in [2.24, 2.45) is 5.73 Å². The zero-order chi connectivity index (χ0) is 13.1. The molecule has 0 radical (unpaired) electrons. The topological polar surface area (TPSA) is 68.0 Å². The summed E-state index contributed by atoms with van der Waals surface area (Å²) in [7, 11) is 0. The molecular formula is C12H12FN3OS. The molecule has 18 heavy (non-hydrogen) atoms. The highest BCUT2D eigenvalue weighted by Crippen LogP contribution is 2.21. The highest BCUT2D eigenvalue weighted by molar-refractivity contribution is 7.09. The van der Waals surface area contributed by atoms with Crippen molar-refractivity contribution in [2.45, 2.75) is 13.5 Å². The van der Waals surface area contributed by atoms with Gasteiger partial charge in [-0.15, -0.1) is 11.3 Å². The third kappa shape index (κ3) is 2.65. The van der Waals surface area contributed by atoms with Gasteiger partial charge in [0, 0.05) is 27.9 Å². The number of carbonyl (C=O) groups is 1. The molecule has 0 aliphatic heterocycles. The molecule has 2 rings (SSSR count). The monoisotopic (exact) mass is 265 g/mol. The number of carbonyl (C=O) groups excluding carboxylic acids is 1. The van der Waals surface area contributed by atoms with E-state index in [4.69, 9.17) is 5.73 Å². The number of thiazole rings is 1. The van der Waals surface area contributed by atoms with Crippen LogP contribution in [0.2, 0.25) is 0 Å². The normalized spacial score (nSPS) is 10.3. The van der Waals surface area contributed by atoms with Gasteiger partial charge in [-0.2, -0.15) is 0 Å². The predicted octanol–water partition coefficient (Wildman–Crippen LogP) is 2.30. The number of hydrogen-bond acceptors (Lipinski definition) is 4. The maximum atomic E-state index is 13.6. The third-order valence-electron chi connectivity index (χ3n) is 2.57. The highest BCUT2D eigenvalue weighted by atomic mass is 32.1. The molecule has 0 bridgehead atoms. The van der Waals surface area contributed by atoms with Crippen molar-refractivity contribution < 1.29 is 9.18 Å². The first-order chi connectivity index (χ1) is 8.58. The summed E-state index contributed by atoms with van der Waals surface area (Å²) in [6.45, 7) is 2.18. The van der Waals surface area contributed by atoms with Crippen LogP contribution >= 0.6 is 11.3 Å². The second kappa shape index (κ2) is 5.14. The molecule has 2 aromatic rings. The summed E-state index contributed by atoms with van der Waals surface area (Å²) in [4.78, 5) is 16.0. The Morgan fingerprint density at radius 3 is 2.94 bits per heavy atom. The van der Waals surface area contributed by atoms with Crippen molar-refractivity contribution in [1.29, 1.82) is 0 Å². The summed E-state index contributed by atoms with van der Waals surface area (Å²) in [6, 6.07) is 2.71. The summed E-state index contributed by atoms with van der Waals surface area (Å²) in [5, 5.41) is 3.07. The van der Waals surface area contributed by atoms with Crippen LogP contribution in [0, 0.1) is 12.7 Å². The van der Waals surface area contributed by atoms with Gasteiger partial charge in [0.15, 0.2) is 0 Å². The number of rotatable bonds is 4. The molecule has 0 atom stereocenters. The summed E-state index contributed by atoms with van der Waals surface area (Å²) < 4.78 is 13.6. The number of nitrogens with zero attached hydrogens (tertiary/aromatic N) is 1. The second-order valence-corrected chi connectivity index (χ2v) is 4.79. The van der Waals surface area contributed by atoms with E-state index in [9.17, 15) is 9.18 Å². The fourth-order valence-electron chi connectivity index (χ4n) is 1.52. The Bertz CT molecular complexity index is 569. The molecule has 3 N–H and O–H groups in total. The number of primary amides is 1. The number of anilines is 1. The first kappa shape index (κ1) is 12.5. The third-order valence-corrected chi connectivity index (χ3v) is 3.34. The quantitative estimate of drug-likeness (QED) is 0.891. The van der Waals surface area contributed by atoms with E-state index in [1.54, 1.807) is 24.7 Å². The van der Waals surface area contributed by atoms with Gasteiger partial charge < -0.3 is 11.1 Å². The number of aromatic nitrogens is 1. The van der Waals surface area contributed by atoms with Crippen molar-refractivity contribution >= 4 is 22.9 Å². The van der Waals surface area contributed by atoms with E-state index >= 15 is 0 Å². The van der Waals surface area contributed by atoms with Crippen LogP contribution in [0.4, 0.5) is 10.1 Å². The molecule has 0 aliphatic carbocycles. The van der Waals surface area contributed by atoms with Gasteiger partial charge in [0.2, 0.25) is 5.91 Å². The van der Waals surface area contributed by atoms with E-state index in [0.29, 0.717) is 17.8 Å². The van der Waals surface area contributed by atoms with Gasteiger partial charge in [0.1, 0.15) is 5.82 Å². The molecule has 0 unspecified atom stereocenters. The maximum Gasteiger partial charge on any atom is 0.248 e. The van der Waals surface area contributed by atoms with Crippen LogP contribution in [0.5, 0.6) is 0 Å². The summed E-state index contributed by atoms with van der Waals surface area (Å²) in [6.07, 6.45) is 1.74. The van der Waals surface area contributed by atoms with E-state index in [0.717, 1.165) is 10.9 Å². The molecular weight excluding hydrogens is 253 g/mol. The molecule has 4 nitrogen and oxygen atoms in total. The standard InChI is InChI=1S/C12H12FN3OS/c1-7-10(13)2-8(12(14)17)3-11(7)16-5-9-4-15-6-18-9/h2-4,6,16H,5H2,1H3,(H2,14,17). The zero-order valence-electron chi connectivity index (χ0n) is 9.74. The minimum absolute atomic E-state index is 0.157. The van der Waals surface area contributed by atoms with Crippen LogP contribution in [0.3, 0.4) is 0 Å². The average Bonchev–Trinajstić information content (AvgIpc) is 2.83. The molecule has 0 saturated heterocycles. The fraction of sp³-hybridized carbons (Fsp3) is 0.167. The van der Waals surface area contributed by atoms with Gasteiger partial charge in [0.05, 0.1) is 12.1 Å². The Balaban J connectivity index is 2.23. The number of benzene rings is 1. The van der Waals surface area contributed by atoms with Crippen LogP contribution in [0.1, 0.15) is 20.8 Å². The maximum absolute atomic E-state index is 13.6. The molecule has 1 heterocycles.